The number of nitrogens with two attached hydrogens (primary N) is 1. The summed E-state index contributed by atoms with van der Waals surface area (Å²) in [5.74, 6) is 0.0279. The zero-order chi connectivity index (χ0) is 12.4. The fourth-order valence-electron chi connectivity index (χ4n) is 2.83. The fourth-order valence-corrected chi connectivity index (χ4v) is 2.83. The summed E-state index contributed by atoms with van der Waals surface area (Å²) in [5, 5.41) is 3.22. The zero-order valence-electron chi connectivity index (χ0n) is 10.3. The summed E-state index contributed by atoms with van der Waals surface area (Å²) in [6.07, 6.45) is 3.68. The van der Waals surface area contributed by atoms with Gasteiger partial charge in [-0.15, -0.1) is 0 Å². The molecule has 3 N–H and O–H groups in total. The van der Waals surface area contributed by atoms with Crippen LogP contribution in [0.1, 0.15) is 32.6 Å². The Morgan fingerprint density at radius 3 is 2.65 bits per heavy atom. The van der Waals surface area contributed by atoms with Gasteiger partial charge in [-0.3, -0.25) is 9.59 Å². The molecule has 0 saturated carbocycles. The Kier molecular flexibility index (Phi) is 3.66. The van der Waals surface area contributed by atoms with Crippen molar-refractivity contribution >= 4 is 11.8 Å². The van der Waals surface area contributed by atoms with E-state index in [0.717, 1.165) is 25.8 Å². The maximum Gasteiger partial charge on any atom is 0.240 e. The van der Waals surface area contributed by atoms with Crippen molar-refractivity contribution in [3.63, 3.8) is 0 Å². The van der Waals surface area contributed by atoms with E-state index in [1.807, 2.05) is 0 Å². The molecule has 0 spiro atoms. The van der Waals surface area contributed by atoms with Gasteiger partial charge in [-0.1, -0.05) is 6.92 Å². The first-order valence-corrected chi connectivity index (χ1v) is 6.44. The van der Waals surface area contributed by atoms with Crippen LogP contribution in [0.4, 0.5) is 0 Å². The molecule has 2 aliphatic rings. The number of hydrogen-bond acceptors (Lipinski definition) is 3. The number of piperidine rings is 1. The highest BCUT2D eigenvalue weighted by Gasteiger charge is 2.37. The van der Waals surface area contributed by atoms with Crippen LogP contribution >= 0.6 is 0 Å². The lowest BCUT2D eigenvalue weighted by molar-refractivity contribution is -0.143. The van der Waals surface area contributed by atoms with Crippen molar-refractivity contribution < 1.29 is 9.59 Å². The minimum absolute atomic E-state index is 0.0542. The number of carbonyl (C=O) groups excluding carboxylic acids is 2. The SMILES string of the molecule is CC1CCNC1C(=O)N1CCCCC1C(N)=O. The number of rotatable bonds is 2. The van der Waals surface area contributed by atoms with Gasteiger partial charge in [0, 0.05) is 6.54 Å². The van der Waals surface area contributed by atoms with E-state index >= 15 is 0 Å². The third-order valence-electron chi connectivity index (χ3n) is 3.91. The molecule has 2 rings (SSSR count). The topological polar surface area (TPSA) is 75.4 Å². The van der Waals surface area contributed by atoms with Gasteiger partial charge in [-0.25, -0.2) is 0 Å². The molecule has 5 heteroatoms. The van der Waals surface area contributed by atoms with Crippen molar-refractivity contribution in [1.82, 2.24) is 10.2 Å². The van der Waals surface area contributed by atoms with E-state index in [2.05, 4.69) is 12.2 Å². The highest BCUT2D eigenvalue weighted by molar-refractivity contribution is 5.89. The summed E-state index contributed by atoms with van der Waals surface area (Å²) in [6.45, 7) is 3.62. The van der Waals surface area contributed by atoms with Crippen LogP contribution in [0.3, 0.4) is 0 Å². The third kappa shape index (κ3) is 2.44. The van der Waals surface area contributed by atoms with Crippen molar-refractivity contribution in [3.8, 4) is 0 Å². The van der Waals surface area contributed by atoms with Crippen LogP contribution in [0, 0.1) is 5.92 Å². The molecule has 3 unspecified atom stereocenters. The Morgan fingerprint density at radius 1 is 1.29 bits per heavy atom. The Morgan fingerprint density at radius 2 is 2.06 bits per heavy atom. The molecule has 5 nitrogen and oxygen atoms in total. The van der Waals surface area contributed by atoms with Crippen molar-refractivity contribution in [1.29, 1.82) is 0 Å². The van der Waals surface area contributed by atoms with E-state index in [9.17, 15) is 9.59 Å². The summed E-state index contributed by atoms with van der Waals surface area (Å²) in [6, 6.07) is -0.527. The number of amides is 2. The van der Waals surface area contributed by atoms with Gasteiger partial charge in [-0.05, 0) is 38.1 Å². The maximum absolute atomic E-state index is 12.4. The smallest absolute Gasteiger partial charge is 0.240 e. The quantitative estimate of drug-likeness (QED) is 0.703. The first kappa shape index (κ1) is 12.4. The summed E-state index contributed by atoms with van der Waals surface area (Å²) < 4.78 is 0. The molecule has 0 radical (unpaired) electrons. The number of primary amides is 1. The van der Waals surface area contributed by atoms with Gasteiger partial charge in [-0.2, -0.15) is 0 Å². The average molecular weight is 239 g/mol. The van der Waals surface area contributed by atoms with Gasteiger partial charge < -0.3 is 16.0 Å². The van der Waals surface area contributed by atoms with Crippen LogP contribution in [0.5, 0.6) is 0 Å². The maximum atomic E-state index is 12.4. The predicted molar refractivity (Wildman–Crippen MR) is 64.1 cm³/mol. The predicted octanol–water partition coefficient (Wildman–Crippen LogP) is -0.149. The van der Waals surface area contributed by atoms with Gasteiger partial charge >= 0.3 is 0 Å². The van der Waals surface area contributed by atoms with Crippen LogP contribution in [-0.4, -0.2) is 41.9 Å². The van der Waals surface area contributed by atoms with E-state index in [-0.39, 0.29) is 17.9 Å². The number of likely N-dealkylation sites (tertiary alicyclic amines) is 1. The minimum Gasteiger partial charge on any atom is -0.368 e. The second-order valence-electron chi connectivity index (χ2n) is 5.14. The molecule has 0 aromatic carbocycles. The standard InChI is InChI=1S/C12H21N3O2/c1-8-5-6-14-10(8)12(17)15-7-3-2-4-9(15)11(13)16/h8-10,14H,2-7H2,1H3,(H2,13,16). The van der Waals surface area contributed by atoms with Gasteiger partial charge in [0.1, 0.15) is 6.04 Å². The van der Waals surface area contributed by atoms with E-state index in [0.29, 0.717) is 18.9 Å². The van der Waals surface area contributed by atoms with Crippen molar-refractivity contribution in [2.45, 2.75) is 44.7 Å². The molecule has 2 amide bonds. The minimum atomic E-state index is -0.397. The van der Waals surface area contributed by atoms with E-state index in [1.54, 1.807) is 4.90 Å². The van der Waals surface area contributed by atoms with Gasteiger partial charge in [0.05, 0.1) is 6.04 Å². The fraction of sp³-hybridized carbons (Fsp3) is 0.833. The van der Waals surface area contributed by atoms with Crippen molar-refractivity contribution in [2.24, 2.45) is 11.7 Å². The number of hydrogen-bond donors (Lipinski definition) is 2. The molecule has 0 aliphatic carbocycles. The molecular weight excluding hydrogens is 218 g/mol. The number of nitrogens with one attached hydrogen (secondary N) is 1. The molecule has 0 aromatic heterocycles. The van der Waals surface area contributed by atoms with E-state index in [1.165, 1.54) is 0 Å². The van der Waals surface area contributed by atoms with E-state index < -0.39 is 6.04 Å². The van der Waals surface area contributed by atoms with Crippen LogP contribution in [-0.2, 0) is 9.59 Å². The molecule has 96 valence electrons. The summed E-state index contributed by atoms with van der Waals surface area (Å²) in [5.41, 5.74) is 5.38. The van der Waals surface area contributed by atoms with Crippen molar-refractivity contribution in [3.05, 3.63) is 0 Å². The Bertz CT molecular complexity index is 319. The summed E-state index contributed by atoms with van der Waals surface area (Å²) in [4.78, 5) is 25.4. The molecule has 2 aliphatic heterocycles. The van der Waals surface area contributed by atoms with Crippen LogP contribution < -0.4 is 11.1 Å². The molecule has 2 saturated heterocycles. The van der Waals surface area contributed by atoms with Crippen LogP contribution in [0.2, 0.25) is 0 Å². The number of carbonyl (C=O) groups is 2. The summed E-state index contributed by atoms with van der Waals surface area (Å²) in [7, 11) is 0. The highest BCUT2D eigenvalue weighted by Crippen LogP contribution is 2.22. The second-order valence-corrected chi connectivity index (χ2v) is 5.14. The molecule has 3 atom stereocenters. The molecular formula is C12H21N3O2. The molecule has 0 aromatic rings. The molecule has 0 bridgehead atoms. The first-order valence-electron chi connectivity index (χ1n) is 6.44. The lowest BCUT2D eigenvalue weighted by Crippen LogP contribution is -2.55. The monoisotopic (exact) mass is 239 g/mol. The lowest BCUT2D eigenvalue weighted by Gasteiger charge is -2.36. The second kappa shape index (κ2) is 5.04. The normalized spacial score (nSPS) is 33.7. The zero-order valence-corrected chi connectivity index (χ0v) is 10.3. The summed E-state index contributed by atoms with van der Waals surface area (Å²) >= 11 is 0. The molecule has 17 heavy (non-hydrogen) atoms. The lowest BCUT2D eigenvalue weighted by atomic mass is 9.97. The van der Waals surface area contributed by atoms with Gasteiger partial charge in [0.2, 0.25) is 11.8 Å². The molecule has 2 fully saturated rings. The van der Waals surface area contributed by atoms with E-state index in [4.69, 9.17) is 5.73 Å². The van der Waals surface area contributed by atoms with Crippen LogP contribution in [0.15, 0.2) is 0 Å². The van der Waals surface area contributed by atoms with Gasteiger partial charge in [0.25, 0.3) is 0 Å². The van der Waals surface area contributed by atoms with Crippen LogP contribution in [0.25, 0.3) is 0 Å². The Balaban J connectivity index is 2.08. The Labute approximate surface area is 102 Å². The highest BCUT2D eigenvalue weighted by atomic mass is 16.2. The molecule has 2 heterocycles. The van der Waals surface area contributed by atoms with Gasteiger partial charge in [0.15, 0.2) is 0 Å². The van der Waals surface area contributed by atoms with Crippen molar-refractivity contribution in [2.75, 3.05) is 13.1 Å². The number of nitrogens with zero attached hydrogens (tertiary/aromatic N) is 1. The first-order chi connectivity index (χ1) is 8.11. The third-order valence-corrected chi connectivity index (χ3v) is 3.91. The largest absolute Gasteiger partial charge is 0.368 e. The Hall–Kier alpha value is -1.10. The average Bonchev–Trinajstić information content (AvgIpc) is 2.74.